The van der Waals surface area contributed by atoms with Crippen LogP contribution in [0, 0.1) is 17.1 Å². The summed E-state index contributed by atoms with van der Waals surface area (Å²) in [5.41, 5.74) is -3.32. The van der Waals surface area contributed by atoms with Crippen molar-refractivity contribution < 1.29 is 32.2 Å². The fourth-order valence-electron chi connectivity index (χ4n) is 4.77. The van der Waals surface area contributed by atoms with Gasteiger partial charge in [-0.3, -0.25) is 14.6 Å². The van der Waals surface area contributed by atoms with Gasteiger partial charge in [0.05, 0.1) is 22.9 Å². The highest BCUT2D eigenvalue weighted by Gasteiger charge is 2.51. The zero-order valence-electron chi connectivity index (χ0n) is 22.0. The third-order valence-corrected chi connectivity index (χ3v) is 7.36. The van der Waals surface area contributed by atoms with Crippen molar-refractivity contribution in [1.82, 2.24) is 4.90 Å². The van der Waals surface area contributed by atoms with Crippen LogP contribution in [0.25, 0.3) is 0 Å². The number of amides is 1. The maximum absolute atomic E-state index is 15.2. The molecule has 0 aliphatic carbocycles. The Morgan fingerprint density at radius 1 is 1.10 bits per heavy atom. The molecule has 0 radical (unpaired) electrons. The molecule has 2 aromatic carbocycles. The number of ether oxygens (including phenoxy) is 1. The van der Waals surface area contributed by atoms with Crippen LogP contribution < -0.4 is 14.5 Å². The van der Waals surface area contributed by atoms with Gasteiger partial charge < -0.3 is 14.7 Å². The number of benzene rings is 2. The smallest absolute Gasteiger partial charge is 0.417 e. The summed E-state index contributed by atoms with van der Waals surface area (Å²) in [5.74, 6) is -1.47. The first-order chi connectivity index (χ1) is 18.0. The topological polar surface area (TPSA) is 80.0 Å². The first-order valence-corrected chi connectivity index (χ1v) is 12.6. The Balaban J connectivity index is 1.63. The van der Waals surface area contributed by atoms with Crippen LogP contribution in [-0.4, -0.2) is 57.4 Å². The molecular weight excluding hydrogens is 536 g/mol. The Morgan fingerprint density at radius 2 is 1.74 bits per heavy atom. The number of halogens is 4. The number of anilines is 2. The first kappa shape index (κ1) is 28.7. The maximum atomic E-state index is 15.2. The lowest BCUT2D eigenvalue weighted by Crippen LogP contribution is -2.44. The van der Waals surface area contributed by atoms with E-state index in [4.69, 9.17) is 22.2 Å². The molecule has 2 aliphatic heterocycles. The predicted molar refractivity (Wildman–Crippen MR) is 141 cm³/mol. The highest BCUT2D eigenvalue weighted by atomic mass is 32.1. The predicted octanol–water partition coefficient (Wildman–Crippen LogP) is 4.86. The molecule has 2 fully saturated rings. The minimum atomic E-state index is -4.82. The molecule has 1 N–H and O–H groups in total. The van der Waals surface area contributed by atoms with Gasteiger partial charge in [-0.1, -0.05) is 0 Å². The molecular formula is C27H28F4N4O3S. The van der Waals surface area contributed by atoms with Crippen molar-refractivity contribution in [1.29, 1.82) is 5.26 Å². The van der Waals surface area contributed by atoms with Gasteiger partial charge in [0.25, 0.3) is 5.91 Å². The first-order valence-electron chi connectivity index (χ1n) is 12.2. The summed E-state index contributed by atoms with van der Waals surface area (Å²) in [6.45, 7) is 9.85. The third kappa shape index (κ3) is 5.18. The van der Waals surface area contributed by atoms with Crippen LogP contribution in [0.3, 0.4) is 0 Å². The second kappa shape index (κ2) is 9.73. The van der Waals surface area contributed by atoms with E-state index in [1.807, 2.05) is 25.7 Å². The molecule has 2 aliphatic rings. The lowest BCUT2D eigenvalue weighted by Gasteiger charge is -2.31. The summed E-state index contributed by atoms with van der Waals surface area (Å²) < 4.78 is 61.7. The number of β-amino-alcohol motifs (C(OH)–C–C–N with tert-alkyl or cyclic N) is 1. The number of hydrogen-bond acceptors (Lipinski definition) is 6. The van der Waals surface area contributed by atoms with E-state index >= 15 is 4.39 Å². The zero-order valence-corrected chi connectivity index (χ0v) is 22.8. The maximum Gasteiger partial charge on any atom is 0.417 e. The molecule has 0 aromatic heterocycles. The zero-order chi connectivity index (χ0) is 29.1. The van der Waals surface area contributed by atoms with Crippen LogP contribution >= 0.6 is 12.2 Å². The minimum Gasteiger partial charge on any atom is -0.483 e. The van der Waals surface area contributed by atoms with Gasteiger partial charge >= 0.3 is 6.18 Å². The Kier molecular flexibility index (Phi) is 7.17. The molecule has 2 heterocycles. The van der Waals surface area contributed by atoms with E-state index in [0.717, 1.165) is 17.0 Å². The number of nitriles is 1. The van der Waals surface area contributed by atoms with E-state index in [1.165, 1.54) is 43.0 Å². The monoisotopic (exact) mass is 564 g/mol. The van der Waals surface area contributed by atoms with Crippen LogP contribution in [0.15, 0.2) is 36.4 Å². The van der Waals surface area contributed by atoms with Gasteiger partial charge in [-0.05, 0) is 77.2 Å². The van der Waals surface area contributed by atoms with Gasteiger partial charge in [0.1, 0.15) is 17.7 Å². The average Bonchev–Trinajstić information content (AvgIpc) is 3.28. The van der Waals surface area contributed by atoms with Crippen LogP contribution in [0.5, 0.6) is 5.75 Å². The normalized spacial score (nSPS) is 22.0. The molecule has 2 atom stereocenters. The summed E-state index contributed by atoms with van der Waals surface area (Å²) in [6, 6.07) is 8.38. The van der Waals surface area contributed by atoms with Crippen LogP contribution in [-0.2, 0) is 11.0 Å². The van der Waals surface area contributed by atoms with Crippen molar-refractivity contribution in [2.24, 2.45) is 0 Å². The molecule has 39 heavy (non-hydrogen) atoms. The number of carbonyl (C=O) groups is 1. The summed E-state index contributed by atoms with van der Waals surface area (Å²) in [7, 11) is 0. The summed E-state index contributed by atoms with van der Waals surface area (Å²) in [5, 5.41) is 19.4. The Hall–Kier alpha value is -3.27. The number of thiocarbonyl (C=S) groups is 1. The molecule has 0 spiro atoms. The molecule has 1 amide bonds. The molecule has 2 aromatic rings. The number of alkyl halides is 3. The minimum absolute atomic E-state index is 0.0911. The van der Waals surface area contributed by atoms with E-state index < -0.39 is 46.8 Å². The van der Waals surface area contributed by atoms with E-state index in [9.17, 15) is 23.1 Å². The Morgan fingerprint density at radius 3 is 2.28 bits per heavy atom. The molecule has 4 rings (SSSR count). The molecule has 0 saturated carbocycles. The van der Waals surface area contributed by atoms with Crippen molar-refractivity contribution in [3.05, 3.63) is 53.3 Å². The third-order valence-electron chi connectivity index (χ3n) is 6.99. The van der Waals surface area contributed by atoms with Crippen molar-refractivity contribution in [2.45, 2.75) is 64.1 Å². The Bertz CT molecular complexity index is 1370. The molecule has 0 bridgehead atoms. The summed E-state index contributed by atoms with van der Waals surface area (Å²) in [6.07, 6.45) is -6.28. The van der Waals surface area contributed by atoms with Crippen LogP contribution in [0.4, 0.5) is 28.9 Å². The summed E-state index contributed by atoms with van der Waals surface area (Å²) >= 11 is 5.50. The number of aliphatic hydroxyl groups excluding tert-OH is 1. The Labute approximate surface area is 229 Å². The van der Waals surface area contributed by atoms with Crippen molar-refractivity contribution in [3.8, 4) is 11.8 Å². The standard InChI is InChI=1S/C27H28F4N4O3S/c1-25(2,3)33-13-20(36)22(14-33)38-21-9-8-17(11-19(21)28)35-24(39)34(23(37)26(35,4)5)16-7-6-15(12-32)18(10-16)27(29,30)31/h6-11,20,22,36H,13-14H2,1-5H3. The van der Waals surface area contributed by atoms with Gasteiger partial charge in [-0.2, -0.15) is 18.4 Å². The van der Waals surface area contributed by atoms with Crippen LogP contribution in [0.1, 0.15) is 45.7 Å². The fourth-order valence-corrected chi connectivity index (χ4v) is 5.29. The van der Waals surface area contributed by atoms with Gasteiger partial charge in [-0.25, -0.2) is 4.39 Å². The molecule has 7 nitrogen and oxygen atoms in total. The molecule has 2 saturated heterocycles. The average molecular weight is 565 g/mol. The fraction of sp³-hybridized carbons (Fsp3) is 0.444. The van der Waals surface area contributed by atoms with Crippen molar-refractivity contribution in [2.75, 3.05) is 22.9 Å². The number of aliphatic hydroxyl groups is 1. The number of hydrogen-bond donors (Lipinski definition) is 1. The van der Waals surface area contributed by atoms with Gasteiger partial charge in [-0.15, -0.1) is 0 Å². The second-order valence-electron chi connectivity index (χ2n) is 11.1. The van der Waals surface area contributed by atoms with Gasteiger partial charge in [0, 0.05) is 30.4 Å². The highest BCUT2D eigenvalue weighted by Crippen LogP contribution is 2.40. The van der Waals surface area contributed by atoms with E-state index in [-0.39, 0.29) is 27.8 Å². The van der Waals surface area contributed by atoms with E-state index in [0.29, 0.717) is 19.2 Å². The van der Waals surface area contributed by atoms with Gasteiger partial charge in [0.15, 0.2) is 16.7 Å². The number of rotatable bonds is 4. The quantitative estimate of drug-likeness (QED) is 0.420. The second-order valence-corrected chi connectivity index (χ2v) is 11.4. The van der Waals surface area contributed by atoms with Crippen molar-refractivity contribution in [3.63, 3.8) is 0 Å². The van der Waals surface area contributed by atoms with Gasteiger partial charge in [0.2, 0.25) is 0 Å². The highest BCUT2D eigenvalue weighted by molar-refractivity contribution is 7.81. The largest absolute Gasteiger partial charge is 0.483 e. The number of carbonyl (C=O) groups excluding carboxylic acids is 1. The lowest BCUT2D eigenvalue weighted by molar-refractivity contribution is -0.137. The van der Waals surface area contributed by atoms with E-state index in [1.54, 1.807) is 0 Å². The molecule has 2 unspecified atom stereocenters. The van der Waals surface area contributed by atoms with Crippen molar-refractivity contribution >= 4 is 34.6 Å². The van der Waals surface area contributed by atoms with E-state index in [2.05, 4.69) is 0 Å². The number of nitrogens with zero attached hydrogens (tertiary/aromatic N) is 4. The number of likely N-dealkylation sites (tertiary alicyclic amines) is 1. The SMILES string of the molecule is CC(C)(C)N1CC(O)C(Oc2ccc(N3C(=S)N(c4ccc(C#N)c(C(F)(F)F)c4)C(=O)C3(C)C)cc2F)C1. The molecule has 208 valence electrons. The molecule has 12 heteroatoms. The summed E-state index contributed by atoms with van der Waals surface area (Å²) in [4.78, 5) is 17.7. The lowest BCUT2D eigenvalue weighted by atomic mass is 10.0. The van der Waals surface area contributed by atoms with Crippen LogP contribution in [0.2, 0.25) is 0 Å².